The number of halogens is 1. The Labute approximate surface area is 135 Å². The third-order valence-corrected chi connectivity index (χ3v) is 5.80. The number of benzene rings is 1. The molecule has 4 heteroatoms. The van der Waals surface area contributed by atoms with Crippen molar-refractivity contribution in [3.63, 3.8) is 0 Å². The normalized spacial score (nSPS) is 23.8. The first kappa shape index (κ1) is 15.0. The fourth-order valence-corrected chi connectivity index (χ4v) is 3.97. The Balaban J connectivity index is 1.80. The van der Waals surface area contributed by atoms with Crippen LogP contribution in [0.3, 0.4) is 0 Å². The highest BCUT2D eigenvalue weighted by molar-refractivity contribution is 7.09. The van der Waals surface area contributed by atoms with Crippen LogP contribution in [0.25, 0.3) is 0 Å². The summed E-state index contributed by atoms with van der Waals surface area (Å²) in [4.78, 5) is 5.70. The quantitative estimate of drug-likeness (QED) is 0.823. The summed E-state index contributed by atoms with van der Waals surface area (Å²) < 4.78 is 0. The van der Waals surface area contributed by atoms with Crippen molar-refractivity contribution in [2.75, 3.05) is 0 Å². The van der Waals surface area contributed by atoms with Gasteiger partial charge in [0.1, 0.15) is 0 Å². The maximum Gasteiger partial charge on any atom is 0.0798 e. The van der Waals surface area contributed by atoms with E-state index in [0.717, 1.165) is 22.6 Å². The standard InChI is InChI=1S/C17H21ClN2S/c1-10-8-15(10)16(13-4-6-14(18)7-5-13)20-12(3)17-11(2)19-9-21-17/h4-7,9-10,12,15-16,20H,8H2,1-3H3/t10-,12-,15+,16+/m0/s1. The summed E-state index contributed by atoms with van der Waals surface area (Å²) in [5.41, 5.74) is 4.40. The van der Waals surface area contributed by atoms with Crippen LogP contribution < -0.4 is 5.32 Å². The molecule has 112 valence electrons. The van der Waals surface area contributed by atoms with Crippen LogP contribution in [0.5, 0.6) is 0 Å². The van der Waals surface area contributed by atoms with Crippen molar-refractivity contribution >= 4 is 22.9 Å². The lowest BCUT2D eigenvalue weighted by molar-refractivity contribution is 0.416. The minimum atomic E-state index is 0.325. The van der Waals surface area contributed by atoms with Crippen LogP contribution >= 0.6 is 22.9 Å². The third kappa shape index (κ3) is 3.31. The number of aromatic nitrogens is 1. The van der Waals surface area contributed by atoms with E-state index in [4.69, 9.17) is 11.6 Å². The molecule has 1 aliphatic rings. The van der Waals surface area contributed by atoms with Crippen LogP contribution in [0.4, 0.5) is 0 Å². The van der Waals surface area contributed by atoms with Gasteiger partial charge in [0.2, 0.25) is 0 Å². The molecule has 4 atom stereocenters. The molecule has 2 nitrogen and oxygen atoms in total. The predicted molar refractivity (Wildman–Crippen MR) is 89.9 cm³/mol. The summed E-state index contributed by atoms with van der Waals surface area (Å²) in [6.07, 6.45) is 1.30. The van der Waals surface area contributed by atoms with Gasteiger partial charge < -0.3 is 5.32 Å². The van der Waals surface area contributed by atoms with Gasteiger partial charge in [0.25, 0.3) is 0 Å². The fraction of sp³-hybridized carbons (Fsp3) is 0.471. The van der Waals surface area contributed by atoms with Gasteiger partial charge in [0.15, 0.2) is 0 Å². The molecule has 0 unspecified atom stereocenters. The number of thiazole rings is 1. The number of nitrogens with one attached hydrogen (secondary N) is 1. The maximum atomic E-state index is 6.02. The van der Waals surface area contributed by atoms with Gasteiger partial charge in [-0.15, -0.1) is 11.3 Å². The minimum absolute atomic E-state index is 0.325. The topological polar surface area (TPSA) is 24.9 Å². The Kier molecular flexibility index (Phi) is 4.34. The summed E-state index contributed by atoms with van der Waals surface area (Å²) in [6, 6.07) is 9.00. The van der Waals surface area contributed by atoms with Crippen molar-refractivity contribution in [1.29, 1.82) is 0 Å². The summed E-state index contributed by atoms with van der Waals surface area (Å²) in [7, 11) is 0. The van der Waals surface area contributed by atoms with Crippen LogP contribution in [0, 0.1) is 18.8 Å². The molecule has 0 spiro atoms. The molecule has 0 amide bonds. The van der Waals surface area contributed by atoms with E-state index in [2.05, 4.69) is 43.2 Å². The van der Waals surface area contributed by atoms with Crippen molar-refractivity contribution < 1.29 is 0 Å². The lowest BCUT2D eigenvalue weighted by Crippen LogP contribution is -2.26. The Morgan fingerprint density at radius 3 is 2.52 bits per heavy atom. The molecule has 0 bridgehead atoms. The summed E-state index contributed by atoms with van der Waals surface area (Å²) in [6.45, 7) is 6.65. The molecule has 1 aliphatic carbocycles. The average molecular weight is 321 g/mol. The van der Waals surface area contributed by atoms with Gasteiger partial charge >= 0.3 is 0 Å². The second-order valence-electron chi connectivity index (χ2n) is 6.10. The lowest BCUT2D eigenvalue weighted by Gasteiger charge is -2.24. The van der Waals surface area contributed by atoms with Gasteiger partial charge in [-0.1, -0.05) is 30.7 Å². The Morgan fingerprint density at radius 2 is 2.00 bits per heavy atom. The van der Waals surface area contributed by atoms with E-state index in [1.54, 1.807) is 11.3 Å². The van der Waals surface area contributed by atoms with Crippen LogP contribution in [-0.4, -0.2) is 4.98 Å². The molecule has 1 N–H and O–H groups in total. The van der Waals surface area contributed by atoms with Gasteiger partial charge in [0.05, 0.1) is 11.2 Å². The Hall–Kier alpha value is -0.900. The first-order chi connectivity index (χ1) is 10.1. The molecule has 2 aromatic rings. The first-order valence-electron chi connectivity index (χ1n) is 7.47. The van der Waals surface area contributed by atoms with Gasteiger partial charge in [-0.25, -0.2) is 4.98 Å². The van der Waals surface area contributed by atoms with E-state index in [9.17, 15) is 0 Å². The minimum Gasteiger partial charge on any atom is -0.302 e. The van der Waals surface area contributed by atoms with Gasteiger partial charge in [0, 0.05) is 22.0 Å². The second-order valence-corrected chi connectivity index (χ2v) is 7.42. The van der Waals surface area contributed by atoms with Crippen LogP contribution in [0.15, 0.2) is 29.8 Å². The molecule has 0 aliphatic heterocycles. The largest absolute Gasteiger partial charge is 0.302 e. The molecule has 1 aromatic carbocycles. The lowest BCUT2D eigenvalue weighted by atomic mass is 10.00. The number of nitrogens with zero attached hydrogens (tertiary/aromatic N) is 1. The number of rotatable bonds is 5. The van der Waals surface area contributed by atoms with E-state index in [1.165, 1.54) is 16.9 Å². The molecule has 0 saturated heterocycles. The van der Waals surface area contributed by atoms with Crippen molar-refractivity contribution in [3.8, 4) is 0 Å². The highest BCUT2D eigenvalue weighted by Gasteiger charge is 2.40. The van der Waals surface area contributed by atoms with Gasteiger partial charge in [-0.2, -0.15) is 0 Å². The first-order valence-corrected chi connectivity index (χ1v) is 8.73. The SMILES string of the molecule is Cc1ncsc1[C@H](C)N[C@H](c1ccc(Cl)cc1)[C@@H]1C[C@@H]1C. The molecule has 3 rings (SSSR count). The van der Waals surface area contributed by atoms with Crippen LogP contribution in [-0.2, 0) is 0 Å². The molecule has 0 radical (unpaired) electrons. The zero-order valence-corrected chi connectivity index (χ0v) is 14.2. The molecule has 1 fully saturated rings. The maximum absolute atomic E-state index is 6.02. The average Bonchev–Trinajstić information content (AvgIpc) is 3.01. The Morgan fingerprint density at radius 1 is 1.33 bits per heavy atom. The molecule has 21 heavy (non-hydrogen) atoms. The highest BCUT2D eigenvalue weighted by Crippen LogP contribution is 2.48. The van der Waals surface area contributed by atoms with E-state index in [0.29, 0.717) is 12.1 Å². The molecule has 1 heterocycles. The van der Waals surface area contributed by atoms with Gasteiger partial charge in [-0.05, 0) is 49.8 Å². The highest BCUT2D eigenvalue weighted by atomic mass is 35.5. The number of hydrogen-bond donors (Lipinski definition) is 1. The zero-order valence-electron chi connectivity index (χ0n) is 12.6. The van der Waals surface area contributed by atoms with E-state index >= 15 is 0 Å². The van der Waals surface area contributed by atoms with Crippen LogP contribution in [0.1, 0.15) is 48.5 Å². The monoisotopic (exact) mass is 320 g/mol. The number of aryl methyl sites for hydroxylation is 1. The van der Waals surface area contributed by atoms with E-state index < -0.39 is 0 Å². The van der Waals surface area contributed by atoms with Crippen molar-refractivity contribution in [2.24, 2.45) is 11.8 Å². The number of hydrogen-bond acceptors (Lipinski definition) is 3. The summed E-state index contributed by atoms with van der Waals surface area (Å²) in [5, 5.41) is 4.61. The Bertz CT molecular complexity index is 608. The third-order valence-electron chi connectivity index (χ3n) is 4.43. The van der Waals surface area contributed by atoms with Gasteiger partial charge in [-0.3, -0.25) is 0 Å². The molecular weight excluding hydrogens is 300 g/mol. The molecule has 1 saturated carbocycles. The second kappa shape index (κ2) is 6.07. The molecular formula is C17H21ClN2S. The smallest absolute Gasteiger partial charge is 0.0798 e. The fourth-order valence-electron chi connectivity index (χ4n) is 3.02. The summed E-state index contributed by atoms with van der Waals surface area (Å²) in [5.74, 6) is 1.52. The van der Waals surface area contributed by atoms with Crippen molar-refractivity contribution in [1.82, 2.24) is 10.3 Å². The van der Waals surface area contributed by atoms with Crippen LogP contribution in [0.2, 0.25) is 5.02 Å². The van der Waals surface area contributed by atoms with E-state index in [1.807, 2.05) is 17.6 Å². The molecule has 1 aromatic heterocycles. The zero-order chi connectivity index (χ0) is 15.0. The summed E-state index contributed by atoms with van der Waals surface area (Å²) >= 11 is 7.76. The van der Waals surface area contributed by atoms with E-state index in [-0.39, 0.29) is 0 Å². The van der Waals surface area contributed by atoms with Crippen molar-refractivity contribution in [2.45, 2.75) is 39.3 Å². The van der Waals surface area contributed by atoms with Crippen molar-refractivity contribution in [3.05, 3.63) is 50.9 Å². The predicted octanol–water partition coefficient (Wildman–Crippen LogP) is 5.15.